The van der Waals surface area contributed by atoms with Crippen molar-refractivity contribution in [2.75, 3.05) is 5.75 Å². The van der Waals surface area contributed by atoms with E-state index in [1.54, 1.807) is 11.3 Å². The van der Waals surface area contributed by atoms with E-state index in [9.17, 15) is 4.79 Å². The third kappa shape index (κ3) is 3.49. The van der Waals surface area contributed by atoms with E-state index in [0.717, 1.165) is 42.2 Å². The summed E-state index contributed by atoms with van der Waals surface area (Å²) in [5, 5.41) is 11.7. The van der Waals surface area contributed by atoms with Crippen LogP contribution < -0.4 is 5.32 Å². The molecule has 2 heterocycles. The molecule has 0 radical (unpaired) electrons. The summed E-state index contributed by atoms with van der Waals surface area (Å²) in [6, 6.07) is 0.0557. The average molecular weight is 337 g/mol. The zero-order chi connectivity index (χ0) is 15.5. The highest BCUT2D eigenvalue weighted by molar-refractivity contribution is 7.99. The average Bonchev–Trinajstić information content (AvgIpc) is 3.11. The second kappa shape index (κ2) is 6.78. The molecule has 3 rings (SSSR count). The van der Waals surface area contributed by atoms with Crippen molar-refractivity contribution in [3.8, 4) is 0 Å². The van der Waals surface area contributed by atoms with Gasteiger partial charge in [0.2, 0.25) is 11.1 Å². The molecule has 8 heteroatoms. The van der Waals surface area contributed by atoms with Crippen LogP contribution in [0.25, 0.3) is 0 Å². The van der Waals surface area contributed by atoms with Crippen molar-refractivity contribution in [2.24, 2.45) is 0 Å². The fraction of sp³-hybridized carbons (Fsp3) is 0.571. The fourth-order valence-electron chi connectivity index (χ4n) is 2.55. The number of aromatic nitrogens is 4. The van der Waals surface area contributed by atoms with Gasteiger partial charge in [-0.25, -0.2) is 9.97 Å². The number of thioether (sulfide) groups is 1. The smallest absolute Gasteiger partial charge is 0.231 e. The topological polar surface area (TPSA) is 83.6 Å². The van der Waals surface area contributed by atoms with Crippen LogP contribution in [0.15, 0.2) is 5.16 Å². The number of aryl methyl sites for hydroxylation is 3. The van der Waals surface area contributed by atoms with Crippen molar-refractivity contribution >= 4 is 29.0 Å². The molecule has 6 nitrogen and oxygen atoms in total. The largest absolute Gasteiger partial charge is 0.347 e. The van der Waals surface area contributed by atoms with Gasteiger partial charge in [0.1, 0.15) is 5.82 Å². The minimum absolute atomic E-state index is 0.0105. The van der Waals surface area contributed by atoms with E-state index in [2.05, 4.69) is 25.5 Å². The van der Waals surface area contributed by atoms with Crippen LogP contribution in [-0.4, -0.2) is 31.8 Å². The van der Waals surface area contributed by atoms with Crippen LogP contribution in [0.3, 0.4) is 0 Å². The molecular formula is C14H19N5OS2. The molecule has 1 atom stereocenters. The molecule has 1 amide bonds. The van der Waals surface area contributed by atoms with Gasteiger partial charge in [-0.15, -0.1) is 16.4 Å². The summed E-state index contributed by atoms with van der Waals surface area (Å²) in [4.78, 5) is 22.4. The minimum Gasteiger partial charge on any atom is -0.347 e. The number of rotatable bonds is 5. The molecule has 118 valence electrons. The summed E-state index contributed by atoms with van der Waals surface area (Å²) in [5.41, 5.74) is 1.07. The lowest BCUT2D eigenvalue weighted by Gasteiger charge is -2.22. The molecule has 0 aromatic carbocycles. The zero-order valence-electron chi connectivity index (χ0n) is 12.7. The summed E-state index contributed by atoms with van der Waals surface area (Å²) in [7, 11) is 0. The molecule has 2 N–H and O–H groups in total. The first kappa shape index (κ1) is 15.5. The highest BCUT2D eigenvalue weighted by atomic mass is 32.2. The SMILES string of the molecule is CCc1nc(SCC(=O)N[C@@H]2CCCc3sc(C)nc32)n[nH]1. The molecule has 22 heavy (non-hydrogen) atoms. The predicted molar refractivity (Wildman–Crippen MR) is 87.2 cm³/mol. The Hall–Kier alpha value is -1.41. The van der Waals surface area contributed by atoms with Gasteiger partial charge in [0.15, 0.2) is 0 Å². The molecule has 2 aromatic rings. The van der Waals surface area contributed by atoms with Crippen LogP contribution in [0.1, 0.15) is 47.2 Å². The van der Waals surface area contributed by atoms with E-state index in [1.807, 2.05) is 13.8 Å². The number of carbonyl (C=O) groups is 1. The van der Waals surface area contributed by atoms with Gasteiger partial charge in [-0.1, -0.05) is 18.7 Å². The van der Waals surface area contributed by atoms with Gasteiger partial charge in [0.25, 0.3) is 0 Å². The molecule has 1 aliphatic carbocycles. The van der Waals surface area contributed by atoms with Gasteiger partial charge in [0, 0.05) is 11.3 Å². The van der Waals surface area contributed by atoms with E-state index >= 15 is 0 Å². The Balaban J connectivity index is 1.56. The van der Waals surface area contributed by atoms with Crippen LogP contribution in [0.2, 0.25) is 0 Å². The van der Waals surface area contributed by atoms with Crippen molar-refractivity contribution in [2.45, 2.75) is 50.7 Å². The number of nitrogens with one attached hydrogen (secondary N) is 2. The Kier molecular flexibility index (Phi) is 4.77. The standard InChI is InChI=1S/C14H19N5OS2/c1-3-11-17-14(19-18-11)21-7-12(20)16-9-5-4-6-10-13(9)15-8(2)22-10/h9H,3-7H2,1-2H3,(H,16,20)(H,17,18,19)/t9-/m1/s1. The molecule has 0 saturated heterocycles. The van der Waals surface area contributed by atoms with Crippen molar-refractivity contribution in [3.05, 3.63) is 21.4 Å². The predicted octanol–water partition coefficient (Wildman–Crippen LogP) is 2.42. The summed E-state index contributed by atoms with van der Waals surface area (Å²) in [6.07, 6.45) is 3.97. The maximum atomic E-state index is 12.2. The number of hydrogen-bond donors (Lipinski definition) is 2. The Morgan fingerprint density at radius 1 is 1.50 bits per heavy atom. The number of hydrogen-bond acceptors (Lipinski definition) is 6. The molecule has 2 aromatic heterocycles. The maximum Gasteiger partial charge on any atom is 0.231 e. The number of H-pyrrole nitrogens is 1. The Morgan fingerprint density at radius 3 is 3.14 bits per heavy atom. The first-order valence-corrected chi connectivity index (χ1v) is 9.25. The molecule has 1 aliphatic rings. The normalized spacial score (nSPS) is 17.3. The second-order valence-corrected chi connectivity index (χ2v) is 7.49. The Labute approximate surface area is 137 Å². The lowest BCUT2D eigenvalue weighted by molar-refractivity contribution is -0.119. The van der Waals surface area contributed by atoms with Crippen molar-refractivity contribution < 1.29 is 4.79 Å². The molecule has 0 saturated carbocycles. The highest BCUT2D eigenvalue weighted by Gasteiger charge is 2.25. The van der Waals surface area contributed by atoms with Crippen molar-refractivity contribution in [1.82, 2.24) is 25.5 Å². The Morgan fingerprint density at radius 2 is 2.36 bits per heavy atom. The lowest BCUT2D eigenvalue weighted by Crippen LogP contribution is -2.32. The number of amides is 1. The molecule has 0 spiro atoms. The van der Waals surface area contributed by atoms with Gasteiger partial charge in [-0.2, -0.15) is 0 Å². The summed E-state index contributed by atoms with van der Waals surface area (Å²) in [5.74, 6) is 1.19. The minimum atomic E-state index is 0.0105. The summed E-state index contributed by atoms with van der Waals surface area (Å²) < 4.78 is 0. The third-order valence-corrected chi connectivity index (χ3v) is 5.47. The lowest BCUT2D eigenvalue weighted by atomic mass is 9.98. The monoisotopic (exact) mass is 337 g/mol. The molecule has 0 fully saturated rings. The second-order valence-electron chi connectivity index (χ2n) is 5.26. The molecule has 0 aliphatic heterocycles. The van der Waals surface area contributed by atoms with Crippen molar-refractivity contribution in [1.29, 1.82) is 0 Å². The van der Waals surface area contributed by atoms with E-state index in [1.165, 1.54) is 16.6 Å². The number of aromatic amines is 1. The Bertz CT molecular complexity index is 666. The van der Waals surface area contributed by atoms with Crippen LogP contribution in [-0.2, 0) is 17.6 Å². The van der Waals surface area contributed by atoms with Crippen LogP contribution >= 0.6 is 23.1 Å². The first-order chi connectivity index (χ1) is 10.7. The van der Waals surface area contributed by atoms with Crippen molar-refractivity contribution in [3.63, 3.8) is 0 Å². The van der Waals surface area contributed by atoms with E-state index in [0.29, 0.717) is 10.9 Å². The molecular weight excluding hydrogens is 318 g/mol. The number of carbonyl (C=O) groups excluding carboxylic acids is 1. The van der Waals surface area contributed by atoms with Gasteiger partial charge in [-0.05, 0) is 26.2 Å². The van der Waals surface area contributed by atoms with Gasteiger partial charge in [0.05, 0.1) is 22.5 Å². The molecule has 0 unspecified atom stereocenters. The number of nitrogens with zero attached hydrogens (tertiary/aromatic N) is 3. The van der Waals surface area contributed by atoms with Crippen LogP contribution in [0.4, 0.5) is 0 Å². The van der Waals surface area contributed by atoms with Gasteiger partial charge in [-0.3, -0.25) is 9.89 Å². The number of fused-ring (bicyclic) bond motifs is 1. The third-order valence-electron chi connectivity index (χ3n) is 3.57. The highest BCUT2D eigenvalue weighted by Crippen LogP contribution is 2.33. The van der Waals surface area contributed by atoms with Crippen LogP contribution in [0.5, 0.6) is 0 Å². The van der Waals surface area contributed by atoms with Crippen LogP contribution in [0, 0.1) is 6.92 Å². The first-order valence-electron chi connectivity index (χ1n) is 7.45. The summed E-state index contributed by atoms with van der Waals surface area (Å²) >= 11 is 3.10. The van der Waals surface area contributed by atoms with Gasteiger partial charge < -0.3 is 5.32 Å². The van der Waals surface area contributed by atoms with E-state index < -0.39 is 0 Å². The molecule has 0 bridgehead atoms. The van der Waals surface area contributed by atoms with E-state index in [4.69, 9.17) is 0 Å². The quantitative estimate of drug-likeness (QED) is 0.819. The van der Waals surface area contributed by atoms with Gasteiger partial charge >= 0.3 is 0 Å². The maximum absolute atomic E-state index is 12.2. The van der Waals surface area contributed by atoms with E-state index in [-0.39, 0.29) is 11.9 Å². The number of thiazole rings is 1. The summed E-state index contributed by atoms with van der Waals surface area (Å²) in [6.45, 7) is 4.03. The fourth-order valence-corrected chi connectivity index (χ4v) is 4.22. The zero-order valence-corrected chi connectivity index (χ0v) is 14.3.